The quantitative estimate of drug-likeness (QED) is 0.891. The molecule has 0 saturated carbocycles. The number of carbonyl (C=O) groups excluding carboxylic acids is 1. The summed E-state index contributed by atoms with van der Waals surface area (Å²) in [7, 11) is 0. The Balaban J connectivity index is 1.50. The fourth-order valence-electron chi connectivity index (χ4n) is 2.91. The molecule has 23 heavy (non-hydrogen) atoms. The zero-order valence-corrected chi connectivity index (χ0v) is 13.8. The van der Waals surface area contributed by atoms with E-state index in [4.69, 9.17) is 9.26 Å². The van der Waals surface area contributed by atoms with Crippen LogP contribution in [0.2, 0.25) is 0 Å². The summed E-state index contributed by atoms with van der Waals surface area (Å²) in [5, 5.41) is 10.8. The van der Waals surface area contributed by atoms with Gasteiger partial charge in [-0.15, -0.1) is 0 Å². The molecule has 1 amide bonds. The van der Waals surface area contributed by atoms with Crippen molar-refractivity contribution >= 4 is 5.91 Å². The number of aryl methyl sites for hydroxylation is 3. The maximum Gasteiger partial charge on any atom is 0.252 e. The number of nitrogens with one attached hydrogen (secondary N) is 1. The standard InChI is InChI=1S/C15H21N5O3/c1-8(14-9(2)17-18-10(14)3)15(21)20-5-12(6-20)22-7-13-16-11(4)19-23-13/h8,12H,5-7H2,1-4H3,(H,17,18). The van der Waals surface area contributed by atoms with Gasteiger partial charge in [0.2, 0.25) is 5.91 Å². The van der Waals surface area contributed by atoms with Crippen molar-refractivity contribution < 1.29 is 14.1 Å². The largest absolute Gasteiger partial charge is 0.365 e. The molecular weight excluding hydrogens is 298 g/mol. The molecule has 1 aliphatic heterocycles. The van der Waals surface area contributed by atoms with E-state index in [1.54, 1.807) is 11.8 Å². The Hall–Kier alpha value is -2.22. The number of H-pyrrole nitrogens is 1. The van der Waals surface area contributed by atoms with Crippen LogP contribution in [0, 0.1) is 20.8 Å². The van der Waals surface area contributed by atoms with Crippen LogP contribution in [0.3, 0.4) is 0 Å². The molecule has 124 valence electrons. The Kier molecular flexibility index (Phi) is 4.16. The number of aromatic nitrogens is 4. The highest BCUT2D eigenvalue weighted by molar-refractivity contribution is 5.84. The van der Waals surface area contributed by atoms with Crippen LogP contribution in [-0.2, 0) is 16.1 Å². The number of hydrogen-bond acceptors (Lipinski definition) is 6. The summed E-state index contributed by atoms with van der Waals surface area (Å²) in [6.07, 6.45) is 0.0184. The van der Waals surface area contributed by atoms with Crippen molar-refractivity contribution in [2.24, 2.45) is 0 Å². The number of likely N-dealkylation sites (tertiary alicyclic amines) is 1. The minimum Gasteiger partial charge on any atom is -0.365 e. The average molecular weight is 319 g/mol. The summed E-state index contributed by atoms with van der Waals surface area (Å²) >= 11 is 0. The Morgan fingerprint density at radius 2 is 2.17 bits per heavy atom. The van der Waals surface area contributed by atoms with Gasteiger partial charge in [0, 0.05) is 24.3 Å². The van der Waals surface area contributed by atoms with Gasteiger partial charge in [0.25, 0.3) is 5.89 Å². The number of amides is 1. The topological polar surface area (TPSA) is 97.1 Å². The summed E-state index contributed by atoms with van der Waals surface area (Å²) < 4.78 is 10.7. The second-order valence-electron chi connectivity index (χ2n) is 5.98. The molecule has 2 aromatic rings. The third kappa shape index (κ3) is 3.12. The predicted octanol–water partition coefficient (Wildman–Crippen LogP) is 1.25. The molecule has 1 atom stereocenters. The van der Waals surface area contributed by atoms with E-state index in [0.29, 0.717) is 24.8 Å². The highest BCUT2D eigenvalue weighted by Gasteiger charge is 2.35. The average Bonchev–Trinajstić information content (AvgIpc) is 3.02. The maximum atomic E-state index is 12.5. The molecule has 1 fully saturated rings. The lowest BCUT2D eigenvalue weighted by Crippen LogP contribution is -2.55. The number of carbonyl (C=O) groups is 1. The molecule has 0 aliphatic carbocycles. The lowest BCUT2D eigenvalue weighted by Gasteiger charge is -2.40. The van der Waals surface area contributed by atoms with Gasteiger partial charge < -0.3 is 14.2 Å². The van der Waals surface area contributed by atoms with E-state index in [0.717, 1.165) is 17.0 Å². The zero-order valence-electron chi connectivity index (χ0n) is 13.8. The Morgan fingerprint density at radius 1 is 1.43 bits per heavy atom. The maximum absolute atomic E-state index is 12.5. The predicted molar refractivity (Wildman–Crippen MR) is 80.7 cm³/mol. The van der Waals surface area contributed by atoms with Gasteiger partial charge in [-0.3, -0.25) is 9.89 Å². The van der Waals surface area contributed by atoms with Crippen molar-refractivity contribution in [2.45, 2.75) is 46.3 Å². The van der Waals surface area contributed by atoms with Gasteiger partial charge in [0.1, 0.15) is 6.61 Å². The molecule has 1 unspecified atom stereocenters. The Bertz CT molecular complexity index is 682. The highest BCUT2D eigenvalue weighted by Crippen LogP contribution is 2.26. The van der Waals surface area contributed by atoms with Crippen molar-refractivity contribution in [1.82, 2.24) is 25.2 Å². The number of nitrogens with zero attached hydrogens (tertiary/aromatic N) is 4. The molecule has 1 saturated heterocycles. The second kappa shape index (κ2) is 6.11. The van der Waals surface area contributed by atoms with Gasteiger partial charge >= 0.3 is 0 Å². The number of hydrogen-bond donors (Lipinski definition) is 1. The molecular formula is C15H21N5O3. The molecule has 0 radical (unpaired) electrons. The van der Waals surface area contributed by atoms with Gasteiger partial charge in [-0.05, 0) is 27.7 Å². The van der Waals surface area contributed by atoms with E-state index in [1.807, 2.05) is 20.8 Å². The van der Waals surface area contributed by atoms with Crippen molar-refractivity contribution in [1.29, 1.82) is 0 Å². The lowest BCUT2D eigenvalue weighted by atomic mass is 9.96. The molecule has 0 aromatic carbocycles. The normalized spacial score (nSPS) is 16.4. The number of aromatic amines is 1. The van der Waals surface area contributed by atoms with Crippen LogP contribution in [0.25, 0.3) is 0 Å². The van der Waals surface area contributed by atoms with Gasteiger partial charge in [0.05, 0.1) is 17.7 Å². The van der Waals surface area contributed by atoms with E-state index in [1.165, 1.54) is 0 Å². The summed E-state index contributed by atoms with van der Waals surface area (Å²) in [6.45, 7) is 8.99. The fourth-order valence-corrected chi connectivity index (χ4v) is 2.91. The van der Waals surface area contributed by atoms with Crippen molar-refractivity contribution in [3.8, 4) is 0 Å². The molecule has 8 nitrogen and oxygen atoms in total. The van der Waals surface area contributed by atoms with Crippen LogP contribution in [-0.4, -0.2) is 50.3 Å². The van der Waals surface area contributed by atoms with Crippen LogP contribution in [0.4, 0.5) is 0 Å². The van der Waals surface area contributed by atoms with Crippen LogP contribution in [0.15, 0.2) is 4.52 Å². The Labute approximate surface area is 134 Å². The van der Waals surface area contributed by atoms with E-state index in [9.17, 15) is 4.79 Å². The van der Waals surface area contributed by atoms with Crippen molar-refractivity contribution in [2.75, 3.05) is 13.1 Å². The first kappa shape index (κ1) is 15.7. The molecule has 0 spiro atoms. The van der Waals surface area contributed by atoms with E-state index in [2.05, 4.69) is 20.3 Å². The van der Waals surface area contributed by atoms with Crippen LogP contribution in [0.1, 0.15) is 41.5 Å². The molecule has 0 bridgehead atoms. The first-order valence-corrected chi connectivity index (χ1v) is 7.66. The molecule has 3 rings (SSSR count). The molecule has 1 aliphatic rings. The first-order valence-electron chi connectivity index (χ1n) is 7.66. The van der Waals surface area contributed by atoms with E-state index in [-0.39, 0.29) is 24.5 Å². The van der Waals surface area contributed by atoms with Gasteiger partial charge in [0.15, 0.2) is 5.82 Å². The monoisotopic (exact) mass is 319 g/mol. The summed E-state index contributed by atoms with van der Waals surface area (Å²) in [5.74, 6) is 0.957. The molecule has 3 heterocycles. The smallest absolute Gasteiger partial charge is 0.252 e. The minimum absolute atomic E-state index is 0.0184. The fraction of sp³-hybridized carbons (Fsp3) is 0.600. The van der Waals surface area contributed by atoms with Crippen LogP contribution >= 0.6 is 0 Å². The third-order valence-electron chi connectivity index (χ3n) is 4.16. The van der Waals surface area contributed by atoms with E-state index >= 15 is 0 Å². The summed E-state index contributed by atoms with van der Waals surface area (Å²) in [5.41, 5.74) is 2.81. The Morgan fingerprint density at radius 3 is 2.74 bits per heavy atom. The highest BCUT2D eigenvalue weighted by atomic mass is 16.5. The number of ether oxygens (including phenoxy) is 1. The second-order valence-corrected chi connectivity index (χ2v) is 5.98. The van der Waals surface area contributed by atoms with Crippen LogP contribution < -0.4 is 0 Å². The molecule has 2 aromatic heterocycles. The van der Waals surface area contributed by atoms with Crippen LogP contribution in [0.5, 0.6) is 0 Å². The van der Waals surface area contributed by atoms with Gasteiger partial charge in [-0.25, -0.2) is 0 Å². The SMILES string of the molecule is Cc1noc(COC2CN(C(=O)C(C)c3c(C)n[nH]c3C)C2)n1. The zero-order chi connectivity index (χ0) is 16.6. The van der Waals surface area contributed by atoms with Crippen molar-refractivity contribution in [3.63, 3.8) is 0 Å². The third-order valence-corrected chi connectivity index (χ3v) is 4.16. The van der Waals surface area contributed by atoms with E-state index < -0.39 is 0 Å². The minimum atomic E-state index is -0.201. The number of rotatable bonds is 5. The van der Waals surface area contributed by atoms with Crippen molar-refractivity contribution in [3.05, 3.63) is 28.7 Å². The molecule has 1 N–H and O–H groups in total. The first-order chi connectivity index (χ1) is 11.0. The lowest BCUT2D eigenvalue weighted by molar-refractivity contribution is -0.147. The van der Waals surface area contributed by atoms with Gasteiger partial charge in [-0.2, -0.15) is 10.1 Å². The summed E-state index contributed by atoms with van der Waals surface area (Å²) in [6, 6.07) is 0. The summed E-state index contributed by atoms with van der Waals surface area (Å²) in [4.78, 5) is 18.4. The van der Waals surface area contributed by atoms with Gasteiger partial charge in [-0.1, -0.05) is 5.16 Å². The molecule has 8 heteroatoms.